The average Bonchev–Trinajstić information content (AvgIpc) is 4.11. The molecule has 1 aliphatic carbocycles. The molecule has 0 saturated heterocycles. The van der Waals surface area contributed by atoms with E-state index in [9.17, 15) is 0 Å². The standard InChI is InChI=1S/C60H38N2O2/c1-3-11-37(12-4-1)39-19-25-53-47(31-39)49-33-41(21-27-55(49)61(53)43-23-29-59-51(35-43)45-15-7-9-17-57(45)63-59)42-22-28-56-50(34-42)48-32-40(38-13-5-2-6-14-38)20-26-54(48)62(56)44-24-30-60-52(36-44)46-16-8-10-18-58(46)64-60/h1-9,11-17,19-36H,10,18H2. The van der Waals surface area contributed by atoms with E-state index in [-0.39, 0.29) is 0 Å². The Morgan fingerprint density at radius 3 is 1.33 bits per heavy atom. The van der Waals surface area contributed by atoms with Gasteiger partial charge in [0.1, 0.15) is 22.5 Å². The second kappa shape index (κ2) is 13.6. The Balaban J connectivity index is 0.982. The molecule has 9 aromatic carbocycles. The van der Waals surface area contributed by atoms with Crippen molar-refractivity contribution >= 4 is 82.6 Å². The first-order valence-corrected chi connectivity index (χ1v) is 22.1. The van der Waals surface area contributed by atoms with Gasteiger partial charge in [0.25, 0.3) is 0 Å². The predicted octanol–water partition coefficient (Wildman–Crippen LogP) is 16.5. The van der Waals surface area contributed by atoms with Crippen LogP contribution in [-0.2, 0) is 6.42 Å². The molecule has 0 radical (unpaired) electrons. The molecule has 0 spiro atoms. The molecule has 300 valence electrons. The zero-order valence-electron chi connectivity index (χ0n) is 34.8. The Kier molecular flexibility index (Phi) is 7.48. The maximum Gasteiger partial charge on any atom is 0.135 e. The van der Waals surface area contributed by atoms with E-state index in [0.717, 1.165) is 73.9 Å². The molecule has 14 rings (SSSR count). The largest absolute Gasteiger partial charge is 0.460 e. The summed E-state index contributed by atoms with van der Waals surface area (Å²) in [6.07, 6.45) is 6.45. The molecule has 4 heterocycles. The quantitative estimate of drug-likeness (QED) is 0.173. The maximum absolute atomic E-state index is 6.34. The van der Waals surface area contributed by atoms with E-state index in [1.165, 1.54) is 71.5 Å². The van der Waals surface area contributed by atoms with Gasteiger partial charge in [-0.05, 0) is 131 Å². The van der Waals surface area contributed by atoms with Crippen molar-refractivity contribution in [1.82, 2.24) is 9.13 Å². The predicted molar refractivity (Wildman–Crippen MR) is 266 cm³/mol. The van der Waals surface area contributed by atoms with Crippen LogP contribution in [0.5, 0.6) is 0 Å². The summed E-state index contributed by atoms with van der Waals surface area (Å²) in [5.41, 5.74) is 18.0. The lowest BCUT2D eigenvalue weighted by atomic mass is 9.98. The van der Waals surface area contributed by atoms with Crippen molar-refractivity contribution in [1.29, 1.82) is 0 Å². The van der Waals surface area contributed by atoms with Crippen molar-refractivity contribution in [3.05, 3.63) is 212 Å². The molecule has 13 aromatic rings. The van der Waals surface area contributed by atoms with Gasteiger partial charge in [-0.25, -0.2) is 0 Å². The zero-order valence-corrected chi connectivity index (χ0v) is 34.8. The number of aromatic nitrogens is 2. The third-order valence-electron chi connectivity index (χ3n) is 13.6. The molecular weight excluding hydrogens is 781 g/mol. The summed E-state index contributed by atoms with van der Waals surface area (Å²) in [6, 6.07) is 70.8. The van der Waals surface area contributed by atoms with E-state index in [1.807, 2.05) is 12.1 Å². The molecule has 0 saturated carbocycles. The first-order valence-electron chi connectivity index (χ1n) is 22.1. The van der Waals surface area contributed by atoms with Crippen LogP contribution >= 0.6 is 0 Å². The van der Waals surface area contributed by atoms with Gasteiger partial charge in [0.2, 0.25) is 0 Å². The van der Waals surface area contributed by atoms with Crippen molar-refractivity contribution in [3.63, 3.8) is 0 Å². The molecule has 0 atom stereocenters. The summed E-state index contributed by atoms with van der Waals surface area (Å²) >= 11 is 0. The number of furan rings is 2. The molecule has 0 bridgehead atoms. The second-order valence-electron chi connectivity index (χ2n) is 17.2. The lowest BCUT2D eigenvalue weighted by Gasteiger charge is -2.10. The van der Waals surface area contributed by atoms with Crippen LogP contribution in [0.3, 0.4) is 0 Å². The Bertz CT molecular complexity index is 4060. The highest BCUT2D eigenvalue weighted by molar-refractivity contribution is 6.14. The highest BCUT2D eigenvalue weighted by Gasteiger charge is 2.20. The summed E-state index contributed by atoms with van der Waals surface area (Å²) in [4.78, 5) is 0. The topological polar surface area (TPSA) is 36.1 Å². The molecule has 1 aliphatic rings. The monoisotopic (exact) mass is 818 g/mol. The Hall–Kier alpha value is -8.34. The third kappa shape index (κ3) is 5.29. The first-order chi connectivity index (χ1) is 31.7. The summed E-state index contributed by atoms with van der Waals surface area (Å²) in [7, 11) is 0. The van der Waals surface area contributed by atoms with Crippen LogP contribution in [0.15, 0.2) is 209 Å². The van der Waals surface area contributed by atoms with Crippen LogP contribution in [-0.4, -0.2) is 9.13 Å². The number of hydrogen-bond acceptors (Lipinski definition) is 2. The van der Waals surface area contributed by atoms with Gasteiger partial charge < -0.3 is 18.0 Å². The lowest BCUT2D eigenvalue weighted by Crippen LogP contribution is -1.94. The zero-order chi connectivity index (χ0) is 41.9. The minimum atomic E-state index is 0.894. The summed E-state index contributed by atoms with van der Waals surface area (Å²) in [5, 5.41) is 8.27. The first kappa shape index (κ1) is 35.3. The van der Waals surface area contributed by atoms with Crippen molar-refractivity contribution in [2.45, 2.75) is 12.8 Å². The fraction of sp³-hybridized carbons (Fsp3) is 0.0333. The smallest absolute Gasteiger partial charge is 0.135 e. The minimum absolute atomic E-state index is 0.894. The number of benzene rings is 9. The fourth-order valence-electron chi connectivity index (χ4n) is 10.5. The number of fused-ring (bicyclic) bond motifs is 12. The van der Waals surface area contributed by atoms with Gasteiger partial charge in [-0.2, -0.15) is 0 Å². The number of rotatable bonds is 5. The van der Waals surface area contributed by atoms with Crippen LogP contribution in [0.25, 0.3) is 127 Å². The normalized spacial score (nSPS) is 12.8. The molecule has 0 unspecified atom stereocenters. The molecular formula is C60H38N2O2. The number of allylic oxidation sites excluding steroid dienone is 1. The van der Waals surface area contributed by atoms with E-state index in [4.69, 9.17) is 8.83 Å². The van der Waals surface area contributed by atoms with Gasteiger partial charge >= 0.3 is 0 Å². The van der Waals surface area contributed by atoms with Crippen LogP contribution in [0.2, 0.25) is 0 Å². The molecule has 0 amide bonds. The van der Waals surface area contributed by atoms with E-state index in [2.05, 4.69) is 203 Å². The van der Waals surface area contributed by atoms with E-state index in [0.29, 0.717) is 0 Å². The van der Waals surface area contributed by atoms with Crippen molar-refractivity contribution in [2.75, 3.05) is 0 Å². The van der Waals surface area contributed by atoms with Crippen molar-refractivity contribution in [3.8, 4) is 44.8 Å². The van der Waals surface area contributed by atoms with E-state index in [1.54, 1.807) is 0 Å². The molecule has 0 N–H and O–H groups in total. The summed E-state index contributed by atoms with van der Waals surface area (Å²) in [6.45, 7) is 0. The van der Waals surface area contributed by atoms with Crippen LogP contribution in [0.4, 0.5) is 0 Å². The molecule has 0 fully saturated rings. The molecule has 0 aliphatic heterocycles. The lowest BCUT2D eigenvalue weighted by molar-refractivity contribution is 0.546. The SMILES string of the molecule is C1=Cc2c(oc3ccc(-n4c5ccc(-c6ccccc6)cc5c5cc(-c6ccc7c(c6)c6cc(-c8ccccc8)ccc6n7-c6ccc7oc8ccccc8c7c6)ccc54)cc23)CC1. The fourth-order valence-corrected chi connectivity index (χ4v) is 10.5. The Labute approximate surface area is 368 Å². The number of hydrogen-bond donors (Lipinski definition) is 0. The summed E-state index contributed by atoms with van der Waals surface area (Å²) < 4.78 is 17.4. The van der Waals surface area contributed by atoms with Crippen LogP contribution in [0, 0.1) is 0 Å². The van der Waals surface area contributed by atoms with E-state index >= 15 is 0 Å². The average molecular weight is 819 g/mol. The van der Waals surface area contributed by atoms with Crippen LogP contribution < -0.4 is 0 Å². The van der Waals surface area contributed by atoms with Gasteiger partial charge in [0.15, 0.2) is 0 Å². The molecule has 4 nitrogen and oxygen atoms in total. The van der Waals surface area contributed by atoms with Gasteiger partial charge in [-0.3, -0.25) is 0 Å². The van der Waals surface area contributed by atoms with E-state index < -0.39 is 0 Å². The number of nitrogens with zero attached hydrogens (tertiary/aromatic N) is 2. The summed E-state index contributed by atoms with van der Waals surface area (Å²) in [5.74, 6) is 1.08. The van der Waals surface area contributed by atoms with Gasteiger partial charge in [0, 0.05) is 61.1 Å². The Morgan fingerprint density at radius 2 is 0.781 bits per heavy atom. The van der Waals surface area contributed by atoms with Crippen molar-refractivity contribution < 1.29 is 8.83 Å². The highest BCUT2D eigenvalue weighted by Crippen LogP contribution is 2.42. The molecule has 64 heavy (non-hydrogen) atoms. The van der Waals surface area contributed by atoms with Crippen molar-refractivity contribution in [2.24, 2.45) is 0 Å². The van der Waals surface area contributed by atoms with Crippen LogP contribution in [0.1, 0.15) is 17.7 Å². The third-order valence-corrected chi connectivity index (χ3v) is 13.6. The molecule has 4 heteroatoms. The Morgan fingerprint density at radius 1 is 0.328 bits per heavy atom. The van der Waals surface area contributed by atoms with Gasteiger partial charge in [-0.15, -0.1) is 0 Å². The highest BCUT2D eigenvalue weighted by atomic mass is 16.3. The van der Waals surface area contributed by atoms with Gasteiger partial charge in [0.05, 0.1) is 22.1 Å². The molecule has 4 aromatic heterocycles. The second-order valence-corrected chi connectivity index (χ2v) is 17.2. The maximum atomic E-state index is 6.34. The van der Waals surface area contributed by atoms with Gasteiger partial charge in [-0.1, -0.05) is 115 Å². The number of para-hydroxylation sites is 1. The minimum Gasteiger partial charge on any atom is -0.460 e. The number of aryl methyl sites for hydroxylation is 1.